The molecular formula is C22H24BrN3O2S2. The van der Waals surface area contributed by atoms with E-state index in [2.05, 4.69) is 32.3 Å². The average Bonchev–Trinajstić information content (AvgIpc) is 3.17. The Morgan fingerprint density at radius 2 is 1.67 bits per heavy atom. The number of benzene rings is 2. The zero-order chi connectivity index (χ0) is 21.5. The van der Waals surface area contributed by atoms with Crippen LogP contribution in [0.1, 0.15) is 16.7 Å². The summed E-state index contributed by atoms with van der Waals surface area (Å²) in [6.07, 6.45) is 0. The molecule has 1 saturated heterocycles. The molecule has 0 atom stereocenters. The van der Waals surface area contributed by atoms with Gasteiger partial charge in [0.25, 0.3) is 0 Å². The van der Waals surface area contributed by atoms with E-state index < -0.39 is 10.0 Å². The fourth-order valence-electron chi connectivity index (χ4n) is 4.01. The number of piperazine rings is 1. The fourth-order valence-corrected chi connectivity index (χ4v) is 7.13. The Labute approximate surface area is 190 Å². The number of aryl methyl sites for hydroxylation is 3. The summed E-state index contributed by atoms with van der Waals surface area (Å²) in [5, 5.41) is 2.99. The summed E-state index contributed by atoms with van der Waals surface area (Å²) in [4.78, 5) is 7.41. The van der Waals surface area contributed by atoms with E-state index in [4.69, 9.17) is 4.98 Å². The first-order valence-electron chi connectivity index (χ1n) is 9.80. The van der Waals surface area contributed by atoms with Gasteiger partial charge in [-0.05, 0) is 44.0 Å². The van der Waals surface area contributed by atoms with Crippen molar-refractivity contribution in [1.29, 1.82) is 0 Å². The predicted octanol–water partition coefficient (Wildman–Crippen LogP) is 5.01. The average molecular weight is 506 g/mol. The van der Waals surface area contributed by atoms with Crippen LogP contribution in [0.2, 0.25) is 0 Å². The molecule has 3 aromatic rings. The van der Waals surface area contributed by atoms with Crippen molar-refractivity contribution in [3.05, 3.63) is 62.9 Å². The minimum Gasteiger partial charge on any atom is -0.345 e. The number of hydrogen-bond donors (Lipinski definition) is 0. The lowest BCUT2D eigenvalue weighted by Crippen LogP contribution is -2.48. The summed E-state index contributed by atoms with van der Waals surface area (Å²) in [5.74, 6) is 0. The van der Waals surface area contributed by atoms with E-state index in [9.17, 15) is 8.42 Å². The topological polar surface area (TPSA) is 53.5 Å². The first kappa shape index (κ1) is 21.5. The van der Waals surface area contributed by atoms with E-state index in [1.807, 2.05) is 51.1 Å². The third kappa shape index (κ3) is 4.19. The van der Waals surface area contributed by atoms with Gasteiger partial charge in [0.05, 0.1) is 10.6 Å². The Kier molecular flexibility index (Phi) is 6.03. The lowest BCUT2D eigenvalue weighted by atomic mass is 10.1. The molecule has 1 aliphatic rings. The number of anilines is 1. The second-order valence-corrected chi connectivity index (χ2v) is 11.3. The fraction of sp³-hybridized carbons (Fsp3) is 0.318. The summed E-state index contributed by atoms with van der Waals surface area (Å²) in [5.41, 5.74) is 4.72. The van der Waals surface area contributed by atoms with Crippen LogP contribution in [0.25, 0.3) is 11.3 Å². The Bertz CT molecular complexity index is 1160. The van der Waals surface area contributed by atoms with Gasteiger partial charge in [-0.25, -0.2) is 13.4 Å². The quantitative estimate of drug-likeness (QED) is 0.500. The normalized spacial score (nSPS) is 15.5. The van der Waals surface area contributed by atoms with Crippen molar-refractivity contribution in [2.75, 3.05) is 31.1 Å². The van der Waals surface area contributed by atoms with Crippen molar-refractivity contribution in [3.8, 4) is 11.3 Å². The molecule has 2 heterocycles. The second kappa shape index (κ2) is 8.42. The van der Waals surface area contributed by atoms with Gasteiger partial charge >= 0.3 is 0 Å². The largest absolute Gasteiger partial charge is 0.345 e. The van der Waals surface area contributed by atoms with E-state index in [1.54, 1.807) is 15.6 Å². The zero-order valence-electron chi connectivity index (χ0n) is 17.2. The summed E-state index contributed by atoms with van der Waals surface area (Å²) >= 11 is 5.10. The molecule has 0 radical (unpaired) electrons. The van der Waals surface area contributed by atoms with Gasteiger partial charge in [0, 0.05) is 41.6 Å². The number of hydrogen-bond acceptors (Lipinski definition) is 5. The molecule has 0 unspecified atom stereocenters. The minimum atomic E-state index is -3.50. The third-order valence-corrected chi connectivity index (χ3v) is 8.92. The van der Waals surface area contributed by atoms with Crippen LogP contribution in [0.4, 0.5) is 5.13 Å². The molecule has 0 aliphatic carbocycles. The van der Waals surface area contributed by atoms with Gasteiger partial charge in [0.2, 0.25) is 10.0 Å². The highest BCUT2D eigenvalue weighted by Gasteiger charge is 2.31. The molecule has 0 amide bonds. The highest BCUT2D eigenvalue weighted by molar-refractivity contribution is 9.10. The highest BCUT2D eigenvalue weighted by Crippen LogP contribution is 2.31. The summed E-state index contributed by atoms with van der Waals surface area (Å²) in [6.45, 7) is 7.93. The Morgan fingerprint density at radius 3 is 2.30 bits per heavy atom. The molecule has 0 N–H and O–H groups in total. The maximum atomic E-state index is 13.3. The Balaban J connectivity index is 1.49. The zero-order valence-corrected chi connectivity index (χ0v) is 20.4. The summed E-state index contributed by atoms with van der Waals surface area (Å²) in [6, 6.07) is 12.0. The molecule has 0 spiro atoms. The van der Waals surface area contributed by atoms with Gasteiger partial charge < -0.3 is 4.90 Å². The maximum absolute atomic E-state index is 13.3. The molecule has 4 rings (SSSR count). The Morgan fingerprint density at radius 1 is 1.00 bits per heavy atom. The standard InChI is InChI=1S/C22H24BrN3O2S2/c1-15-11-16(2)21(17(3)12-15)30(27,28)26-9-7-25(8-10-26)22-24-20(14-29-22)18-5-4-6-19(23)13-18/h4-6,11-14H,7-10H2,1-3H3. The van der Waals surface area contributed by atoms with Crippen LogP contribution in [-0.2, 0) is 10.0 Å². The van der Waals surface area contributed by atoms with Gasteiger partial charge in [0.15, 0.2) is 5.13 Å². The molecule has 1 aromatic heterocycles. The summed E-state index contributed by atoms with van der Waals surface area (Å²) in [7, 11) is -3.50. The van der Waals surface area contributed by atoms with Crippen LogP contribution in [0.3, 0.4) is 0 Å². The molecule has 158 valence electrons. The lowest BCUT2D eigenvalue weighted by molar-refractivity contribution is 0.384. The van der Waals surface area contributed by atoms with Crippen LogP contribution < -0.4 is 4.90 Å². The number of rotatable bonds is 4. The van der Waals surface area contributed by atoms with E-state index in [-0.39, 0.29) is 0 Å². The van der Waals surface area contributed by atoms with Crippen LogP contribution >= 0.6 is 27.3 Å². The highest BCUT2D eigenvalue weighted by atomic mass is 79.9. The van der Waals surface area contributed by atoms with Gasteiger partial charge in [0.1, 0.15) is 0 Å². The van der Waals surface area contributed by atoms with Gasteiger partial charge in [-0.2, -0.15) is 4.31 Å². The van der Waals surface area contributed by atoms with Crippen LogP contribution in [0.5, 0.6) is 0 Å². The molecule has 0 bridgehead atoms. The monoisotopic (exact) mass is 505 g/mol. The second-order valence-electron chi connectivity index (χ2n) is 7.64. The number of nitrogens with zero attached hydrogens (tertiary/aromatic N) is 3. The molecule has 1 fully saturated rings. The number of halogens is 1. The third-order valence-electron chi connectivity index (χ3n) is 5.32. The lowest BCUT2D eigenvalue weighted by Gasteiger charge is -2.34. The van der Waals surface area contributed by atoms with E-state index in [1.165, 1.54) is 0 Å². The van der Waals surface area contributed by atoms with Gasteiger partial charge in [-0.1, -0.05) is 45.8 Å². The van der Waals surface area contributed by atoms with E-state index in [0.717, 1.165) is 37.6 Å². The molecule has 8 heteroatoms. The van der Waals surface area contributed by atoms with Crippen molar-refractivity contribution in [2.45, 2.75) is 25.7 Å². The first-order chi connectivity index (χ1) is 14.3. The van der Waals surface area contributed by atoms with Crippen molar-refractivity contribution in [1.82, 2.24) is 9.29 Å². The van der Waals surface area contributed by atoms with Crippen LogP contribution in [-0.4, -0.2) is 43.9 Å². The van der Waals surface area contributed by atoms with Crippen LogP contribution in [0, 0.1) is 20.8 Å². The molecule has 0 saturated carbocycles. The number of thiazole rings is 1. The van der Waals surface area contributed by atoms with Crippen LogP contribution in [0.15, 0.2) is 51.1 Å². The van der Waals surface area contributed by atoms with Crippen molar-refractivity contribution >= 4 is 42.4 Å². The maximum Gasteiger partial charge on any atom is 0.243 e. The smallest absolute Gasteiger partial charge is 0.243 e. The minimum absolute atomic E-state index is 0.452. The molecule has 2 aromatic carbocycles. The molecule has 1 aliphatic heterocycles. The van der Waals surface area contributed by atoms with Crippen molar-refractivity contribution in [3.63, 3.8) is 0 Å². The predicted molar refractivity (Wildman–Crippen MR) is 127 cm³/mol. The van der Waals surface area contributed by atoms with Gasteiger partial charge in [-0.3, -0.25) is 0 Å². The SMILES string of the molecule is Cc1cc(C)c(S(=O)(=O)N2CCN(c3nc(-c4cccc(Br)c4)cs3)CC2)c(C)c1. The first-order valence-corrected chi connectivity index (χ1v) is 12.9. The number of sulfonamides is 1. The molecule has 30 heavy (non-hydrogen) atoms. The van der Waals surface area contributed by atoms with Crippen molar-refractivity contribution in [2.24, 2.45) is 0 Å². The van der Waals surface area contributed by atoms with Crippen molar-refractivity contribution < 1.29 is 8.42 Å². The number of aromatic nitrogens is 1. The van der Waals surface area contributed by atoms with E-state index in [0.29, 0.717) is 31.1 Å². The van der Waals surface area contributed by atoms with Gasteiger partial charge in [-0.15, -0.1) is 11.3 Å². The molecular weight excluding hydrogens is 482 g/mol. The Hall–Kier alpha value is -1.74. The van der Waals surface area contributed by atoms with E-state index >= 15 is 0 Å². The molecule has 5 nitrogen and oxygen atoms in total. The summed E-state index contributed by atoms with van der Waals surface area (Å²) < 4.78 is 29.2.